The Bertz CT molecular complexity index is 551. The molecule has 82 valence electrons. The summed E-state index contributed by atoms with van der Waals surface area (Å²) in [7, 11) is 0. The van der Waals surface area contributed by atoms with Crippen molar-refractivity contribution in [3.05, 3.63) is 54.8 Å². The first-order valence-electron chi connectivity index (χ1n) is 4.31. The van der Waals surface area contributed by atoms with E-state index in [-0.39, 0.29) is 11.3 Å². The zero-order chi connectivity index (χ0) is 11.7. The van der Waals surface area contributed by atoms with Gasteiger partial charge < -0.3 is 0 Å². The van der Waals surface area contributed by atoms with Gasteiger partial charge in [-0.25, -0.2) is 4.39 Å². The van der Waals surface area contributed by atoms with Gasteiger partial charge in [0.2, 0.25) is 0 Å². The summed E-state index contributed by atoms with van der Waals surface area (Å²) >= 11 is 7.72. The summed E-state index contributed by atoms with van der Waals surface area (Å²) in [6.07, 6.45) is 0. The van der Waals surface area contributed by atoms with E-state index in [4.69, 9.17) is 0 Å². The quantitative estimate of drug-likeness (QED) is 0.710. The third kappa shape index (κ3) is 2.12. The smallest absolute Gasteiger partial charge is 0.197 e. The highest BCUT2D eigenvalue weighted by atomic mass is 79.9. The number of hydrogen-bond donors (Lipinski definition) is 0. The second-order valence-corrected chi connectivity index (χ2v) is 5.52. The number of halogens is 3. The SMILES string of the molecule is O=C(c1cscc1Br)c1cccc(Br)c1F. The molecule has 1 nitrogen and oxygen atoms in total. The van der Waals surface area contributed by atoms with E-state index in [1.165, 1.54) is 17.4 Å². The Morgan fingerprint density at radius 2 is 1.88 bits per heavy atom. The lowest BCUT2D eigenvalue weighted by Crippen LogP contribution is -2.04. The van der Waals surface area contributed by atoms with Crippen LogP contribution in [-0.2, 0) is 0 Å². The van der Waals surface area contributed by atoms with Gasteiger partial charge in [-0.2, -0.15) is 11.3 Å². The molecule has 0 bridgehead atoms. The maximum atomic E-state index is 13.7. The minimum atomic E-state index is -0.523. The minimum Gasteiger partial charge on any atom is -0.288 e. The van der Waals surface area contributed by atoms with E-state index >= 15 is 0 Å². The molecule has 0 saturated heterocycles. The Morgan fingerprint density at radius 3 is 2.50 bits per heavy atom. The molecule has 1 aromatic carbocycles. The Hall–Kier alpha value is -0.520. The predicted molar refractivity (Wildman–Crippen MR) is 69.6 cm³/mol. The van der Waals surface area contributed by atoms with Crippen molar-refractivity contribution < 1.29 is 9.18 Å². The van der Waals surface area contributed by atoms with Crippen LogP contribution < -0.4 is 0 Å². The van der Waals surface area contributed by atoms with Crippen LogP contribution in [0.4, 0.5) is 4.39 Å². The van der Waals surface area contributed by atoms with Gasteiger partial charge in [0.15, 0.2) is 5.78 Å². The van der Waals surface area contributed by atoms with Gasteiger partial charge in [-0.05, 0) is 44.0 Å². The molecule has 0 saturated carbocycles. The lowest BCUT2D eigenvalue weighted by Gasteiger charge is -2.02. The summed E-state index contributed by atoms with van der Waals surface area (Å²) < 4.78 is 14.7. The molecule has 0 fully saturated rings. The Kier molecular flexibility index (Phi) is 3.56. The molecule has 0 N–H and O–H groups in total. The van der Waals surface area contributed by atoms with E-state index < -0.39 is 5.82 Å². The average molecular weight is 364 g/mol. The third-order valence-corrected chi connectivity index (χ3v) is 4.37. The van der Waals surface area contributed by atoms with Crippen molar-refractivity contribution >= 4 is 49.0 Å². The third-order valence-electron chi connectivity index (χ3n) is 2.06. The van der Waals surface area contributed by atoms with Crippen LogP contribution in [0.2, 0.25) is 0 Å². The zero-order valence-corrected chi connectivity index (χ0v) is 11.8. The molecule has 1 aromatic heterocycles. The van der Waals surface area contributed by atoms with Gasteiger partial charge in [-0.3, -0.25) is 4.79 Å². The normalized spacial score (nSPS) is 10.4. The zero-order valence-electron chi connectivity index (χ0n) is 7.84. The molecule has 1 heterocycles. The van der Waals surface area contributed by atoms with Gasteiger partial charge in [0, 0.05) is 20.8 Å². The maximum Gasteiger partial charge on any atom is 0.197 e. The van der Waals surface area contributed by atoms with Gasteiger partial charge in [0.25, 0.3) is 0 Å². The van der Waals surface area contributed by atoms with Gasteiger partial charge in [-0.15, -0.1) is 0 Å². The van der Waals surface area contributed by atoms with E-state index in [1.807, 2.05) is 0 Å². The summed E-state index contributed by atoms with van der Waals surface area (Å²) in [4.78, 5) is 12.0. The van der Waals surface area contributed by atoms with Crippen LogP contribution in [0.5, 0.6) is 0 Å². The highest BCUT2D eigenvalue weighted by molar-refractivity contribution is 9.10. The van der Waals surface area contributed by atoms with Crippen LogP contribution in [0.1, 0.15) is 15.9 Å². The Labute approximate surface area is 113 Å². The number of carbonyl (C=O) groups is 1. The monoisotopic (exact) mass is 362 g/mol. The fourth-order valence-corrected chi connectivity index (χ4v) is 3.09. The van der Waals surface area contributed by atoms with Crippen LogP contribution >= 0.6 is 43.2 Å². The number of carbonyl (C=O) groups excluding carboxylic acids is 1. The van der Waals surface area contributed by atoms with Crippen LogP contribution in [0.3, 0.4) is 0 Å². The molecule has 0 radical (unpaired) electrons. The first-order valence-corrected chi connectivity index (χ1v) is 6.84. The summed E-state index contributed by atoms with van der Waals surface area (Å²) in [5.41, 5.74) is 0.565. The molecule has 0 unspecified atom stereocenters. The number of thiophene rings is 1. The van der Waals surface area contributed by atoms with Gasteiger partial charge in [0.05, 0.1) is 10.0 Å². The Balaban J connectivity index is 2.50. The average Bonchev–Trinajstić information content (AvgIpc) is 2.68. The predicted octanol–water partition coefficient (Wildman–Crippen LogP) is 4.64. The van der Waals surface area contributed by atoms with Crippen LogP contribution in [0.25, 0.3) is 0 Å². The van der Waals surface area contributed by atoms with Gasteiger partial charge >= 0.3 is 0 Å². The van der Waals surface area contributed by atoms with Crippen molar-refractivity contribution in [2.24, 2.45) is 0 Å². The van der Waals surface area contributed by atoms with E-state index in [1.54, 1.807) is 22.9 Å². The Morgan fingerprint density at radius 1 is 1.12 bits per heavy atom. The lowest BCUT2D eigenvalue weighted by atomic mass is 10.1. The standard InChI is InChI=1S/C11H5Br2FOS/c12-8-3-1-2-6(10(8)14)11(15)7-4-16-5-9(7)13/h1-5H. The molecule has 0 amide bonds. The molecule has 0 spiro atoms. The largest absolute Gasteiger partial charge is 0.288 e. The van der Waals surface area contributed by atoms with Crippen molar-refractivity contribution in [3.63, 3.8) is 0 Å². The maximum absolute atomic E-state index is 13.7. The van der Waals surface area contributed by atoms with E-state index in [0.717, 1.165) is 0 Å². The van der Waals surface area contributed by atoms with Crippen molar-refractivity contribution in [1.82, 2.24) is 0 Å². The summed E-state index contributed by atoms with van der Waals surface area (Å²) in [6.45, 7) is 0. The number of rotatable bonds is 2. The topological polar surface area (TPSA) is 17.1 Å². The fraction of sp³-hybridized carbons (Fsp3) is 0. The molecular weight excluding hydrogens is 359 g/mol. The lowest BCUT2D eigenvalue weighted by molar-refractivity contribution is 0.103. The molecule has 16 heavy (non-hydrogen) atoms. The highest BCUT2D eigenvalue weighted by Crippen LogP contribution is 2.27. The van der Waals surface area contributed by atoms with Crippen molar-refractivity contribution in [1.29, 1.82) is 0 Å². The molecule has 0 atom stereocenters. The molecule has 0 aliphatic rings. The van der Waals surface area contributed by atoms with E-state index in [0.29, 0.717) is 14.5 Å². The molecule has 0 aliphatic heterocycles. The van der Waals surface area contributed by atoms with E-state index in [2.05, 4.69) is 31.9 Å². The van der Waals surface area contributed by atoms with Gasteiger partial charge in [0.1, 0.15) is 5.82 Å². The van der Waals surface area contributed by atoms with Crippen LogP contribution in [0, 0.1) is 5.82 Å². The summed E-state index contributed by atoms with van der Waals surface area (Å²) in [5.74, 6) is -0.836. The summed E-state index contributed by atoms with van der Waals surface area (Å²) in [5, 5.41) is 3.50. The molecular formula is C11H5Br2FOS. The number of benzene rings is 1. The first kappa shape index (κ1) is 12.0. The first-order chi connectivity index (χ1) is 7.61. The van der Waals surface area contributed by atoms with E-state index in [9.17, 15) is 9.18 Å². The molecule has 2 aromatic rings. The number of hydrogen-bond acceptors (Lipinski definition) is 2. The fourth-order valence-electron chi connectivity index (χ4n) is 1.27. The van der Waals surface area contributed by atoms with Crippen molar-refractivity contribution in [2.75, 3.05) is 0 Å². The van der Waals surface area contributed by atoms with Crippen molar-refractivity contribution in [3.8, 4) is 0 Å². The second-order valence-electron chi connectivity index (χ2n) is 3.06. The van der Waals surface area contributed by atoms with Crippen LogP contribution in [-0.4, -0.2) is 5.78 Å². The second kappa shape index (κ2) is 4.77. The molecule has 2 rings (SSSR count). The molecule has 5 heteroatoms. The summed E-state index contributed by atoms with van der Waals surface area (Å²) in [6, 6.07) is 4.68. The highest BCUT2D eigenvalue weighted by Gasteiger charge is 2.18. The van der Waals surface area contributed by atoms with Gasteiger partial charge in [-0.1, -0.05) is 6.07 Å². The van der Waals surface area contributed by atoms with Crippen molar-refractivity contribution in [2.45, 2.75) is 0 Å². The van der Waals surface area contributed by atoms with Crippen LogP contribution in [0.15, 0.2) is 37.9 Å². The number of ketones is 1. The minimum absolute atomic E-state index is 0.0773. The molecule has 0 aliphatic carbocycles.